The van der Waals surface area contributed by atoms with E-state index in [1.54, 1.807) is 25.1 Å². The molecule has 1 aromatic heterocycles. The average molecular weight is 312 g/mol. The molecule has 0 saturated heterocycles. The molecule has 1 aromatic carbocycles. The number of nitrogens with zero attached hydrogens (tertiary/aromatic N) is 2. The van der Waals surface area contributed by atoms with Crippen LogP contribution in [0.4, 0.5) is 5.69 Å². The molecule has 1 heterocycles. The molecule has 20 heavy (non-hydrogen) atoms. The number of amides is 1. The molecule has 0 aliphatic rings. The normalized spacial score (nSPS) is 10.2. The minimum absolute atomic E-state index is 0.173. The molecule has 6 nitrogen and oxygen atoms in total. The molecule has 2 rings (SSSR count). The summed E-state index contributed by atoms with van der Waals surface area (Å²) in [7, 11) is 1.31. The lowest BCUT2D eigenvalue weighted by Crippen LogP contribution is -2.13. The first-order chi connectivity index (χ1) is 9.51. The minimum Gasteiger partial charge on any atom is -0.465 e. The first kappa shape index (κ1) is 14.4. The molecule has 0 radical (unpaired) electrons. The Labute approximate surface area is 123 Å². The number of hydrogen-bond acceptors (Lipinski definition) is 6. The van der Waals surface area contributed by atoms with E-state index in [9.17, 15) is 9.59 Å². The van der Waals surface area contributed by atoms with Crippen molar-refractivity contribution in [3.8, 4) is 0 Å². The number of aryl methyl sites for hydroxylation is 1. The predicted octanol–water partition coefficient (Wildman–Crippen LogP) is 2.54. The Morgan fingerprint density at radius 1 is 1.35 bits per heavy atom. The van der Waals surface area contributed by atoms with Crippen molar-refractivity contribution in [2.45, 2.75) is 6.92 Å². The molecule has 1 amide bonds. The van der Waals surface area contributed by atoms with Crippen molar-refractivity contribution in [2.75, 3.05) is 12.4 Å². The molecule has 1 N–H and O–H groups in total. The number of anilines is 1. The maximum Gasteiger partial charge on any atom is 0.337 e. The number of halogens is 1. The van der Waals surface area contributed by atoms with Crippen molar-refractivity contribution in [2.24, 2.45) is 0 Å². The predicted molar refractivity (Wildman–Crippen MR) is 75.4 cm³/mol. The van der Waals surface area contributed by atoms with Crippen LogP contribution in [-0.2, 0) is 4.74 Å². The van der Waals surface area contributed by atoms with Gasteiger partial charge in [-0.2, -0.15) is 0 Å². The summed E-state index contributed by atoms with van der Waals surface area (Å²) in [6, 6.07) is 4.83. The maximum absolute atomic E-state index is 11.9. The second kappa shape index (κ2) is 5.98. The third kappa shape index (κ3) is 3.12. The van der Waals surface area contributed by atoms with E-state index in [1.807, 2.05) is 0 Å². The Morgan fingerprint density at radius 2 is 2.10 bits per heavy atom. The lowest BCUT2D eigenvalue weighted by atomic mass is 10.1. The van der Waals surface area contributed by atoms with Crippen LogP contribution in [0.5, 0.6) is 0 Å². The molecule has 0 spiro atoms. The number of carbonyl (C=O) groups is 2. The first-order valence-corrected chi connectivity index (χ1v) is 6.70. The fourth-order valence-electron chi connectivity index (χ4n) is 1.52. The van der Waals surface area contributed by atoms with Gasteiger partial charge in [0, 0.05) is 5.69 Å². The van der Waals surface area contributed by atoms with Gasteiger partial charge in [-0.3, -0.25) is 4.79 Å². The van der Waals surface area contributed by atoms with Crippen molar-refractivity contribution >= 4 is 40.5 Å². The summed E-state index contributed by atoms with van der Waals surface area (Å²) in [4.78, 5) is 23.3. The Morgan fingerprint density at radius 3 is 2.65 bits per heavy atom. The van der Waals surface area contributed by atoms with E-state index in [0.29, 0.717) is 11.3 Å². The number of aromatic nitrogens is 2. The Bertz CT molecular complexity index is 672. The Hall–Kier alpha value is -1.99. The average Bonchev–Trinajstić information content (AvgIpc) is 2.86. The highest BCUT2D eigenvalue weighted by Crippen LogP contribution is 2.20. The van der Waals surface area contributed by atoms with Crippen molar-refractivity contribution in [3.05, 3.63) is 38.8 Å². The summed E-state index contributed by atoms with van der Waals surface area (Å²) in [6.07, 6.45) is 0. The van der Waals surface area contributed by atoms with Gasteiger partial charge in [-0.05, 0) is 42.3 Å². The fourth-order valence-corrected chi connectivity index (χ4v) is 2.25. The van der Waals surface area contributed by atoms with Crippen LogP contribution < -0.4 is 5.32 Å². The van der Waals surface area contributed by atoms with E-state index in [4.69, 9.17) is 11.6 Å². The molecular formula is C12H10ClN3O3S. The molecule has 0 atom stereocenters. The smallest absolute Gasteiger partial charge is 0.337 e. The van der Waals surface area contributed by atoms with Crippen LogP contribution >= 0.6 is 22.9 Å². The molecule has 0 unspecified atom stereocenters. The summed E-state index contributed by atoms with van der Waals surface area (Å²) >= 11 is 6.61. The maximum atomic E-state index is 11.9. The van der Waals surface area contributed by atoms with Crippen LogP contribution in [0.25, 0.3) is 0 Å². The molecule has 8 heteroatoms. The van der Waals surface area contributed by atoms with Crippen molar-refractivity contribution in [3.63, 3.8) is 0 Å². The number of hydrogen-bond donors (Lipinski definition) is 1. The molecule has 0 aliphatic carbocycles. The number of ether oxygens (including phenoxy) is 1. The van der Waals surface area contributed by atoms with Crippen molar-refractivity contribution < 1.29 is 14.3 Å². The molecule has 0 bridgehead atoms. The van der Waals surface area contributed by atoms with Gasteiger partial charge < -0.3 is 10.1 Å². The zero-order chi connectivity index (χ0) is 14.7. The molecule has 104 valence electrons. The second-order valence-corrected chi connectivity index (χ2v) is 5.40. The monoisotopic (exact) mass is 311 g/mol. The number of carbonyl (C=O) groups excluding carboxylic acids is 2. The molecule has 0 aliphatic heterocycles. The third-order valence-electron chi connectivity index (χ3n) is 2.49. The van der Waals surface area contributed by atoms with E-state index in [2.05, 4.69) is 20.3 Å². The summed E-state index contributed by atoms with van der Waals surface area (Å²) in [6.45, 7) is 1.77. The lowest BCUT2D eigenvalue weighted by Gasteiger charge is -2.08. The molecule has 2 aromatic rings. The van der Waals surface area contributed by atoms with Crippen LogP contribution in [0.1, 0.15) is 25.7 Å². The van der Waals surface area contributed by atoms with E-state index in [-0.39, 0.29) is 9.47 Å². The first-order valence-electron chi connectivity index (χ1n) is 5.50. The van der Waals surface area contributed by atoms with Gasteiger partial charge in [0.2, 0.25) is 9.47 Å². The highest BCUT2D eigenvalue weighted by atomic mass is 35.5. The summed E-state index contributed by atoms with van der Waals surface area (Å²) in [5, 5.41) is 10.1. The van der Waals surface area contributed by atoms with Crippen LogP contribution in [0, 0.1) is 6.92 Å². The van der Waals surface area contributed by atoms with Gasteiger partial charge in [-0.1, -0.05) is 11.3 Å². The van der Waals surface area contributed by atoms with E-state index < -0.39 is 11.9 Å². The van der Waals surface area contributed by atoms with Crippen LogP contribution in [0.15, 0.2) is 18.2 Å². The highest BCUT2D eigenvalue weighted by molar-refractivity contribution is 7.17. The van der Waals surface area contributed by atoms with Crippen LogP contribution in [0.3, 0.4) is 0 Å². The summed E-state index contributed by atoms with van der Waals surface area (Å²) < 4.78 is 4.83. The summed E-state index contributed by atoms with van der Waals surface area (Å²) in [5.41, 5.74) is 1.73. The third-order valence-corrected chi connectivity index (χ3v) is 3.51. The number of nitrogens with one attached hydrogen (secondary N) is 1. The van der Waals surface area contributed by atoms with Gasteiger partial charge in [-0.25, -0.2) is 4.79 Å². The van der Waals surface area contributed by atoms with E-state index in [1.165, 1.54) is 7.11 Å². The number of esters is 1. The number of benzene rings is 1. The fraction of sp³-hybridized carbons (Fsp3) is 0.167. The van der Waals surface area contributed by atoms with Gasteiger partial charge in [0.05, 0.1) is 12.7 Å². The number of rotatable bonds is 3. The van der Waals surface area contributed by atoms with Gasteiger partial charge in [0.15, 0.2) is 0 Å². The standard InChI is InChI=1S/C12H10ClN3O3S/c1-6-5-7(11(18)19-2)3-4-8(6)14-9(17)10-15-16-12(13)20-10/h3-5H,1-2H3,(H,14,17). The quantitative estimate of drug-likeness (QED) is 0.881. The van der Waals surface area contributed by atoms with E-state index >= 15 is 0 Å². The minimum atomic E-state index is -0.429. The largest absolute Gasteiger partial charge is 0.465 e. The lowest BCUT2D eigenvalue weighted by molar-refractivity contribution is 0.0600. The van der Waals surface area contributed by atoms with Gasteiger partial charge in [0.25, 0.3) is 5.91 Å². The van der Waals surface area contributed by atoms with Gasteiger partial charge in [0.1, 0.15) is 0 Å². The molecule has 0 saturated carbocycles. The molecular weight excluding hydrogens is 302 g/mol. The number of methoxy groups -OCH3 is 1. The molecule has 0 fully saturated rings. The SMILES string of the molecule is COC(=O)c1ccc(NC(=O)c2nnc(Cl)s2)c(C)c1. The van der Waals surface area contributed by atoms with Gasteiger partial charge in [-0.15, -0.1) is 10.2 Å². The Kier molecular flexibility index (Phi) is 4.31. The van der Waals surface area contributed by atoms with Crippen LogP contribution in [-0.4, -0.2) is 29.2 Å². The van der Waals surface area contributed by atoms with E-state index in [0.717, 1.165) is 16.9 Å². The zero-order valence-corrected chi connectivity index (χ0v) is 12.2. The van der Waals surface area contributed by atoms with Crippen molar-refractivity contribution in [1.29, 1.82) is 0 Å². The Balaban J connectivity index is 2.18. The van der Waals surface area contributed by atoms with Gasteiger partial charge >= 0.3 is 5.97 Å². The summed E-state index contributed by atoms with van der Waals surface area (Å²) in [5.74, 6) is -0.829. The zero-order valence-electron chi connectivity index (χ0n) is 10.6. The second-order valence-electron chi connectivity index (χ2n) is 3.84. The van der Waals surface area contributed by atoms with Crippen molar-refractivity contribution in [1.82, 2.24) is 10.2 Å². The highest BCUT2D eigenvalue weighted by Gasteiger charge is 2.14. The van der Waals surface area contributed by atoms with Crippen LogP contribution in [0.2, 0.25) is 4.47 Å². The topological polar surface area (TPSA) is 81.2 Å².